The molecule has 0 aliphatic carbocycles. The highest BCUT2D eigenvalue weighted by Gasteiger charge is 2.23. The molecule has 0 saturated carbocycles. The summed E-state index contributed by atoms with van der Waals surface area (Å²) < 4.78 is 1.76. The molecule has 7 nitrogen and oxygen atoms in total. The van der Waals surface area contributed by atoms with Gasteiger partial charge in [0.1, 0.15) is 0 Å². The van der Waals surface area contributed by atoms with Crippen LogP contribution in [0, 0.1) is 6.92 Å². The lowest BCUT2D eigenvalue weighted by atomic mass is 10.1. The molecule has 116 valence electrons. The van der Waals surface area contributed by atoms with Crippen molar-refractivity contribution in [1.82, 2.24) is 25.5 Å². The smallest absolute Gasteiger partial charge is 0.250 e. The number of aromatic nitrogens is 4. The normalized spacial score (nSPS) is 15.8. The van der Waals surface area contributed by atoms with Crippen LogP contribution in [0.5, 0.6) is 0 Å². The number of hydrogen-bond acceptors (Lipinski definition) is 5. The SMILES string of the molecule is CC(=O)NC1CCN(c2nnnn2-c2ccc(C)cc2)CC1. The summed E-state index contributed by atoms with van der Waals surface area (Å²) in [6, 6.07) is 8.36. The number of piperidine rings is 1. The Bertz CT molecular complexity index is 642. The van der Waals surface area contributed by atoms with Crippen LogP contribution in [0.25, 0.3) is 5.69 Å². The highest BCUT2D eigenvalue weighted by atomic mass is 16.1. The molecule has 7 heteroatoms. The summed E-state index contributed by atoms with van der Waals surface area (Å²) >= 11 is 0. The van der Waals surface area contributed by atoms with Crippen LogP contribution in [0.15, 0.2) is 24.3 Å². The van der Waals surface area contributed by atoms with Crippen LogP contribution < -0.4 is 10.2 Å². The first-order chi connectivity index (χ1) is 10.6. The average Bonchev–Trinajstić information content (AvgIpc) is 2.97. The zero-order chi connectivity index (χ0) is 15.5. The third kappa shape index (κ3) is 3.08. The van der Waals surface area contributed by atoms with E-state index in [2.05, 4.69) is 32.7 Å². The van der Waals surface area contributed by atoms with Crippen molar-refractivity contribution in [2.24, 2.45) is 0 Å². The van der Waals surface area contributed by atoms with Crippen LogP contribution in [-0.4, -0.2) is 45.2 Å². The molecular formula is C15H20N6O. The maximum absolute atomic E-state index is 11.1. The largest absolute Gasteiger partial charge is 0.353 e. The highest BCUT2D eigenvalue weighted by molar-refractivity contribution is 5.73. The number of carbonyl (C=O) groups excluding carboxylic acids is 1. The number of benzene rings is 1. The van der Waals surface area contributed by atoms with Gasteiger partial charge in [0, 0.05) is 26.1 Å². The number of carbonyl (C=O) groups is 1. The molecule has 1 amide bonds. The summed E-state index contributed by atoms with van der Waals surface area (Å²) in [6.45, 7) is 5.27. The van der Waals surface area contributed by atoms with Crippen molar-refractivity contribution >= 4 is 11.9 Å². The minimum Gasteiger partial charge on any atom is -0.353 e. The molecule has 1 aromatic carbocycles. The van der Waals surface area contributed by atoms with Gasteiger partial charge in [-0.2, -0.15) is 4.68 Å². The van der Waals surface area contributed by atoms with Crippen molar-refractivity contribution < 1.29 is 4.79 Å². The Morgan fingerprint density at radius 3 is 2.55 bits per heavy atom. The lowest BCUT2D eigenvalue weighted by molar-refractivity contribution is -0.119. The summed E-state index contributed by atoms with van der Waals surface area (Å²) in [5.74, 6) is 0.785. The third-order valence-corrected chi connectivity index (χ3v) is 3.92. The van der Waals surface area contributed by atoms with Gasteiger partial charge in [-0.1, -0.05) is 22.8 Å². The number of tetrazole rings is 1. The fourth-order valence-electron chi connectivity index (χ4n) is 2.74. The maximum atomic E-state index is 11.1. The van der Waals surface area contributed by atoms with Crippen LogP contribution in [0.1, 0.15) is 25.3 Å². The van der Waals surface area contributed by atoms with Gasteiger partial charge in [0.05, 0.1) is 5.69 Å². The van der Waals surface area contributed by atoms with E-state index < -0.39 is 0 Å². The van der Waals surface area contributed by atoms with Crippen LogP contribution in [0.2, 0.25) is 0 Å². The lowest BCUT2D eigenvalue weighted by Crippen LogP contribution is -2.44. The molecule has 1 fully saturated rings. The standard InChI is InChI=1S/C15H20N6O/c1-11-3-5-14(6-4-11)21-15(17-18-19-21)20-9-7-13(8-10-20)16-12(2)22/h3-6,13H,7-10H2,1-2H3,(H,16,22). The van der Waals surface area contributed by atoms with Crippen LogP contribution in [0.3, 0.4) is 0 Å². The van der Waals surface area contributed by atoms with Gasteiger partial charge in [-0.15, -0.1) is 0 Å². The first kappa shape index (κ1) is 14.5. The summed E-state index contributed by atoms with van der Waals surface area (Å²) in [7, 11) is 0. The average molecular weight is 300 g/mol. The van der Waals surface area contributed by atoms with Crippen molar-refractivity contribution in [3.63, 3.8) is 0 Å². The van der Waals surface area contributed by atoms with Crippen molar-refractivity contribution in [1.29, 1.82) is 0 Å². The van der Waals surface area contributed by atoms with E-state index in [4.69, 9.17) is 0 Å². The molecule has 2 aromatic rings. The summed E-state index contributed by atoms with van der Waals surface area (Å²) in [5, 5.41) is 15.1. The van der Waals surface area contributed by atoms with Gasteiger partial charge in [0.2, 0.25) is 11.9 Å². The van der Waals surface area contributed by atoms with Gasteiger partial charge in [0.25, 0.3) is 0 Å². The molecule has 0 unspecified atom stereocenters. The first-order valence-electron chi connectivity index (χ1n) is 7.51. The number of rotatable bonds is 3. The Hall–Kier alpha value is -2.44. The van der Waals surface area contributed by atoms with Gasteiger partial charge >= 0.3 is 0 Å². The van der Waals surface area contributed by atoms with E-state index in [1.807, 2.05) is 24.3 Å². The molecule has 22 heavy (non-hydrogen) atoms. The summed E-state index contributed by atoms with van der Waals surface area (Å²) in [6.07, 6.45) is 1.81. The van der Waals surface area contributed by atoms with E-state index in [9.17, 15) is 4.79 Å². The van der Waals surface area contributed by atoms with Crippen LogP contribution in [-0.2, 0) is 4.79 Å². The van der Waals surface area contributed by atoms with E-state index in [1.165, 1.54) is 5.56 Å². The number of hydrogen-bond donors (Lipinski definition) is 1. The van der Waals surface area contributed by atoms with Crippen LogP contribution in [0.4, 0.5) is 5.95 Å². The number of nitrogens with one attached hydrogen (secondary N) is 1. The zero-order valence-electron chi connectivity index (χ0n) is 12.9. The van der Waals surface area contributed by atoms with Crippen molar-refractivity contribution in [2.75, 3.05) is 18.0 Å². The molecule has 0 radical (unpaired) electrons. The van der Waals surface area contributed by atoms with Gasteiger partial charge in [0.15, 0.2) is 0 Å². The van der Waals surface area contributed by atoms with Crippen molar-refractivity contribution in [2.45, 2.75) is 32.7 Å². The second-order valence-electron chi connectivity index (χ2n) is 5.69. The molecule has 2 heterocycles. The monoisotopic (exact) mass is 300 g/mol. The van der Waals surface area contributed by atoms with E-state index >= 15 is 0 Å². The Morgan fingerprint density at radius 1 is 1.23 bits per heavy atom. The molecule has 1 saturated heterocycles. The molecular weight excluding hydrogens is 280 g/mol. The van der Waals surface area contributed by atoms with E-state index in [-0.39, 0.29) is 11.9 Å². The van der Waals surface area contributed by atoms with E-state index in [0.29, 0.717) is 0 Å². The number of aryl methyl sites for hydroxylation is 1. The Kier molecular flexibility index (Phi) is 4.04. The van der Waals surface area contributed by atoms with E-state index in [0.717, 1.165) is 37.6 Å². The van der Waals surface area contributed by atoms with Gasteiger partial charge in [-0.3, -0.25) is 4.79 Å². The number of amides is 1. The fraction of sp³-hybridized carbons (Fsp3) is 0.467. The summed E-state index contributed by atoms with van der Waals surface area (Å²) in [5.41, 5.74) is 2.16. The van der Waals surface area contributed by atoms with Gasteiger partial charge in [-0.25, -0.2) is 0 Å². The predicted molar refractivity (Wildman–Crippen MR) is 82.9 cm³/mol. The second-order valence-corrected chi connectivity index (χ2v) is 5.69. The quantitative estimate of drug-likeness (QED) is 0.918. The molecule has 3 rings (SSSR count). The molecule has 1 aromatic heterocycles. The number of anilines is 1. The maximum Gasteiger partial charge on any atom is 0.250 e. The summed E-state index contributed by atoms with van der Waals surface area (Å²) in [4.78, 5) is 13.3. The Labute approximate surface area is 129 Å². The predicted octanol–water partition coefficient (Wildman–Crippen LogP) is 1.08. The zero-order valence-corrected chi connectivity index (χ0v) is 12.9. The van der Waals surface area contributed by atoms with Crippen molar-refractivity contribution in [3.05, 3.63) is 29.8 Å². The topological polar surface area (TPSA) is 75.9 Å². The Balaban J connectivity index is 1.73. The van der Waals surface area contributed by atoms with E-state index in [1.54, 1.807) is 11.6 Å². The minimum absolute atomic E-state index is 0.0305. The molecule has 1 N–H and O–H groups in total. The molecule has 0 bridgehead atoms. The number of nitrogens with zero attached hydrogens (tertiary/aromatic N) is 5. The van der Waals surface area contributed by atoms with Gasteiger partial charge < -0.3 is 10.2 Å². The van der Waals surface area contributed by atoms with Gasteiger partial charge in [-0.05, 0) is 42.3 Å². The lowest BCUT2D eigenvalue weighted by Gasteiger charge is -2.32. The third-order valence-electron chi connectivity index (χ3n) is 3.92. The van der Waals surface area contributed by atoms with Crippen molar-refractivity contribution in [3.8, 4) is 5.69 Å². The first-order valence-corrected chi connectivity index (χ1v) is 7.51. The minimum atomic E-state index is 0.0305. The molecule has 1 aliphatic rings. The van der Waals surface area contributed by atoms with Crippen LogP contribution >= 0.6 is 0 Å². The Morgan fingerprint density at radius 2 is 1.91 bits per heavy atom. The molecule has 0 atom stereocenters. The molecule has 1 aliphatic heterocycles. The fourth-order valence-corrected chi connectivity index (χ4v) is 2.74. The second kappa shape index (κ2) is 6.13. The highest BCUT2D eigenvalue weighted by Crippen LogP contribution is 2.20. The molecule has 0 spiro atoms.